The van der Waals surface area contributed by atoms with Gasteiger partial charge in [-0.15, -0.1) is 0 Å². The summed E-state index contributed by atoms with van der Waals surface area (Å²) in [6.07, 6.45) is -4.29. The van der Waals surface area contributed by atoms with Gasteiger partial charge < -0.3 is 4.90 Å². The number of hydrogen-bond donors (Lipinski definition) is 0. The van der Waals surface area contributed by atoms with Gasteiger partial charge in [-0.05, 0) is 19.1 Å². The summed E-state index contributed by atoms with van der Waals surface area (Å²) in [7, 11) is 0. The second kappa shape index (κ2) is 6.07. The van der Waals surface area contributed by atoms with Crippen molar-refractivity contribution < 1.29 is 22.5 Å². The summed E-state index contributed by atoms with van der Waals surface area (Å²) in [5.41, 5.74) is -0.539. The fourth-order valence-corrected chi connectivity index (χ4v) is 2.62. The van der Waals surface area contributed by atoms with Gasteiger partial charge in [0.2, 0.25) is 5.82 Å². The van der Waals surface area contributed by atoms with E-state index in [1.165, 1.54) is 17.0 Å². The molecule has 122 valence electrons. The Labute approximate surface area is 124 Å². The van der Waals surface area contributed by atoms with Crippen LogP contribution in [0.1, 0.15) is 6.92 Å². The number of piperazine rings is 1. The SMILES string of the molecule is CC1CN(c2cccc(F)c2[N+](=O)[O-])CCN1CC(F)(F)F. The zero-order valence-corrected chi connectivity index (χ0v) is 11.8. The van der Waals surface area contributed by atoms with Crippen LogP contribution in [0.25, 0.3) is 0 Å². The van der Waals surface area contributed by atoms with E-state index in [2.05, 4.69) is 0 Å². The predicted octanol–water partition coefficient (Wildman–Crippen LogP) is 2.81. The van der Waals surface area contributed by atoms with Crippen molar-refractivity contribution in [3.63, 3.8) is 0 Å². The molecule has 0 radical (unpaired) electrons. The molecule has 2 rings (SSSR count). The predicted molar refractivity (Wildman–Crippen MR) is 72.4 cm³/mol. The van der Waals surface area contributed by atoms with Gasteiger partial charge in [0, 0.05) is 25.7 Å². The Bertz CT molecular complexity index is 565. The molecule has 1 atom stereocenters. The van der Waals surface area contributed by atoms with E-state index in [-0.39, 0.29) is 25.3 Å². The van der Waals surface area contributed by atoms with Crippen LogP contribution in [0, 0.1) is 15.9 Å². The summed E-state index contributed by atoms with van der Waals surface area (Å²) in [5, 5.41) is 11.0. The fourth-order valence-electron chi connectivity index (χ4n) is 2.62. The van der Waals surface area contributed by atoms with E-state index < -0.39 is 35.2 Å². The highest BCUT2D eigenvalue weighted by Gasteiger charge is 2.36. The molecule has 9 heteroatoms. The van der Waals surface area contributed by atoms with Crippen molar-refractivity contribution in [1.29, 1.82) is 0 Å². The molecule has 1 heterocycles. The van der Waals surface area contributed by atoms with Crippen molar-refractivity contribution in [3.8, 4) is 0 Å². The summed E-state index contributed by atoms with van der Waals surface area (Å²) in [4.78, 5) is 13.0. The molecule has 0 saturated carbocycles. The second-order valence-corrected chi connectivity index (χ2v) is 5.25. The molecule has 0 aromatic heterocycles. The number of hydrogen-bond acceptors (Lipinski definition) is 4. The minimum atomic E-state index is -4.29. The Morgan fingerprint density at radius 3 is 2.59 bits per heavy atom. The van der Waals surface area contributed by atoms with E-state index in [4.69, 9.17) is 0 Å². The summed E-state index contributed by atoms with van der Waals surface area (Å²) >= 11 is 0. The van der Waals surface area contributed by atoms with Crippen molar-refractivity contribution in [3.05, 3.63) is 34.1 Å². The number of nitro groups is 1. The quantitative estimate of drug-likeness (QED) is 0.488. The maximum absolute atomic E-state index is 13.6. The maximum Gasteiger partial charge on any atom is 0.401 e. The van der Waals surface area contributed by atoms with E-state index in [0.717, 1.165) is 6.07 Å². The third-order valence-corrected chi connectivity index (χ3v) is 3.64. The molecule has 0 spiro atoms. The van der Waals surface area contributed by atoms with Gasteiger partial charge in [0.15, 0.2) is 0 Å². The number of nitro benzene ring substituents is 1. The fraction of sp³-hybridized carbons (Fsp3) is 0.538. The van der Waals surface area contributed by atoms with Gasteiger partial charge in [-0.25, -0.2) is 0 Å². The van der Waals surface area contributed by atoms with Gasteiger partial charge >= 0.3 is 11.9 Å². The first kappa shape index (κ1) is 16.5. The van der Waals surface area contributed by atoms with Crippen LogP contribution in [0.5, 0.6) is 0 Å². The van der Waals surface area contributed by atoms with Crippen molar-refractivity contribution in [2.75, 3.05) is 31.1 Å². The number of anilines is 1. The molecule has 0 aliphatic carbocycles. The topological polar surface area (TPSA) is 49.6 Å². The standard InChI is InChI=1S/C13H15F4N3O2/c1-9-7-18(5-6-19(9)8-13(15,16)17)11-4-2-3-10(14)12(11)20(21)22/h2-4,9H,5-8H2,1H3. The Kier molecular flexibility index (Phi) is 4.55. The van der Waals surface area contributed by atoms with Crippen LogP contribution < -0.4 is 4.90 Å². The van der Waals surface area contributed by atoms with Gasteiger partial charge in [0.25, 0.3) is 0 Å². The third kappa shape index (κ3) is 3.65. The number of rotatable bonds is 3. The number of alkyl halides is 3. The van der Waals surface area contributed by atoms with Crippen LogP contribution in [0.4, 0.5) is 28.9 Å². The normalized spacial score (nSPS) is 20.2. The number of halogens is 4. The summed E-state index contributed by atoms with van der Waals surface area (Å²) in [6.45, 7) is 1.04. The first-order chi connectivity index (χ1) is 10.2. The smallest absolute Gasteiger partial charge is 0.363 e. The molecule has 1 aliphatic rings. The first-order valence-electron chi connectivity index (χ1n) is 6.67. The molecule has 1 aromatic rings. The molecule has 0 N–H and O–H groups in total. The Morgan fingerprint density at radius 1 is 1.36 bits per heavy atom. The van der Waals surface area contributed by atoms with Crippen LogP contribution in [0.2, 0.25) is 0 Å². The Morgan fingerprint density at radius 2 is 2.05 bits per heavy atom. The van der Waals surface area contributed by atoms with Gasteiger partial charge in [0.05, 0.1) is 11.5 Å². The lowest BCUT2D eigenvalue weighted by Gasteiger charge is -2.40. The van der Waals surface area contributed by atoms with E-state index in [0.29, 0.717) is 0 Å². The molecule has 22 heavy (non-hydrogen) atoms. The molecule has 1 fully saturated rings. The monoisotopic (exact) mass is 321 g/mol. The van der Waals surface area contributed by atoms with Gasteiger partial charge in [-0.2, -0.15) is 17.6 Å². The third-order valence-electron chi connectivity index (χ3n) is 3.64. The minimum Gasteiger partial charge on any atom is -0.363 e. The Hall–Kier alpha value is -1.90. The molecular formula is C13H15F4N3O2. The van der Waals surface area contributed by atoms with Crippen LogP contribution in [-0.4, -0.2) is 48.2 Å². The van der Waals surface area contributed by atoms with E-state index in [1.54, 1.807) is 11.8 Å². The van der Waals surface area contributed by atoms with Crippen LogP contribution in [0.3, 0.4) is 0 Å². The van der Waals surface area contributed by atoms with Crippen molar-refractivity contribution in [2.24, 2.45) is 0 Å². The van der Waals surface area contributed by atoms with Crippen LogP contribution in [-0.2, 0) is 0 Å². The molecule has 1 saturated heterocycles. The summed E-state index contributed by atoms with van der Waals surface area (Å²) in [5.74, 6) is -0.951. The first-order valence-corrected chi connectivity index (χ1v) is 6.67. The van der Waals surface area contributed by atoms with Gasteiger partial charge in [-0.3, -0.25) is 15.0 Å². The minimum absolute atomic E-state index is 0.100. The number of benzene rings is 1. The molecule has 0 amide bonds. The van der Waals surface area contributed by atoms with E-state index in [1.807, 2.05) is 0 Å². The molecule has 1 aromatic carbocycles. The average molecular weight is 321 g/mol. The Balaban J connectivity index is 2.18. The van der Waals surface area contributed by atoms with Crippen LogP contribution in [0.15, 0.2) is 18.2 Å². The molecule has 0 bridgehead atoms. The van der Waals surface area contributed by atoms with E-state index >= 15 is 0 Å². The number of para-hydroxylation sites is 1. The van der Waals surface area contributed by atoms with Crippen molar-refractivity contribution >= 4 is 11.4 Å². The summed E-state index contributed by atoms with van der Waals surface area (Å²) in [6, 6.07) is 3.31. The lowest BCUT2D eigenvalue weighted by molar-refractivity contribution is -0.386. The lowest BCUT2D eigenvalue weighted by atomic mass is 10.1. The maximum atomic E-state index is 13.6. The zero-order chi connectivity index (χ0) is 16.5. The van der Waals surface area contributed by atoms with Gasteiger partial charge in [0.1, 0.15) is 5.69 Å². The number of nitrogens with zero attached hydrogens (tertiary/aromatic N) is 3. The highest BCUT2D eigenvalue weighted by atomic mass is 19.4. The van der Waals surface area contributed by atoms with Gasteiger partial charge in [-0.1, -0.05) is 6.07 Å². The largest absolute Gasteiger partial charge is 0.401 e. The molecule has 1 unspecified atom stereocenters. The van der Waals surface area contributed by atoms with Crippen molar-refractivity contribution in [1.82, 2.24) is 4.90 Å². The van der Waals surface area contributed by atoms with E-state index in [9.17, 15) is 27.7 Å². The lowest BCUT2D eigenvalue weighted by Crippen LogP contribution is -2.54. The molecule has 1 aliphatic heterocycles. The summed E-state index contributed by atoms with van der Waals surface area (Å²) < 4.78 is 51.0. The molecular weight excluding hydrogens is 306 g/mol. The second-order valence-electron chi connectivity index (χ2n) is 5.25. The van der Waals surface area contributed by atoms with Crippen LogP contribution >= 0.6 is 0 Å². The molecule has 5 nitrogen and oxygen atoms in total. The van der Waals surface area contributed by atoms with Crippen molar-refractivity contribution in [2.45, 2.75) is 19.1 Å². The average Bonchev–Trinajstić information content (AvgIpc) is 2.39. The highest BCUT2D eigenvalue weighted by molar-refractivity contribution is 5.64. The zero-order valence-electron chi connectivity index (χ0n) is 11.8. The highest BCUT2D eigenvalue weighted by Crippen LogP contribution is 2.32.